The summed E-state index contributed by atoms with van der Waals surface area (Å²) in [5.74, 6) is 0.284. The first-order chi connectivity index (χ1) is 12.6. The predicted octanol–water partition coefficient (Wildman–Crippen LogP) is 4.55. The lowest BCUT2D eigenvalue weighted by Crippen LogP contribution is -2.34. The summed E-state index contributed by atoms with van der Waals surface area (Å²) in [5.41, 5.74) is 1.03. The maximum absolute atomic E-state index is 12.2. The molecule has 1 fully saturated rings. The Hall–Kier alpha value is -1.65. The highest BCUT2D eigenvalue weighted by Gasteiger charge is 2.22. The number of allylic oxidation sites excluding steroid dienone is 2. The molecule has 5 heteroatoms. The molecule has 0 unspecified atom stereocenters. The third-order valence-electron chi connectivity index (χ3n) is 4.84. The van der Waals surface area contributed by atoms with Gasteiger partial charge in [0.25, 0.3) is 0 Å². The summed E-state index contributed by atoms with van der Waals surface area (Å²) in [6.45, 7) is 2.85. The van der Waals surface area contributed by atoms with Crippen LogP contribution in [0.25, 0.3) is 0 Å². The van der Waals surface area contributed by atoms with Crippen LogP contribution in [0.15, 0.2) is 11.8 Å². The highest BCUT2D eigenvalue weighted by Crippen LogP contribution is 2.23. The zero-order valence-corrected chi connectivity index (χ0v) is 16.6. The van der Waals surface area contributed by atoms with Crippen molar-refractivity contribution in [3.05, 3.63) is 11.8 Å². The highest BCUT2D eigenvalue weighted by atomic mass is 16.5. The van der Waals surface area contributed by atoms with E-state index in [9.17, 15) is 14.4 Å². The maximum atomic E-state index is 12.2. The molecular formula is C21H35NO4. The van der Waals surface area contributed by atoms with Gasteiger partial charge in [0, 0.05) is 37.9 Å². The number of Topliss-reactive ketones (excluding diaryl/α,β-unsaturated/α-hetero) is 1. The summed E-state index contributed by atoms with van der Waals surface area (Å²) in [6.07, 6.45) is 12.8. The van der Waals surface area contributed by atoms with Gasteiger partial charge in [-0.25, -0.2) is 0 Å². The van der Waals surface area contributed by atoms with Gasteiger partial charge >= 0.3 is 5.97 Å². The number of likely N-dealkylation sites (tertiary alicyclic amines) is 1. The molecule has 5 nitrogen and oxygen atoms in total. The Morgan fingerprint density at radius 3 is 2.50 bits per heavy atom. The van der Waals surface area contributed by atoms with E-state index >= 15 is 0 Å². The first-order valence-electron chi connectivity index (χ1n) is 10.2. The van der Waals surface area contributed by atoms with Crippen LogP contribution in [-0.4, -0.2) is 36.2 Å². The second-order valence-electron chi connectivity index (χ2n) is 7.03. The summed E-state index contributed by atoms with van der Waals surface area (Å²) >= 11 is 0. The molecule has 1 heterocycles. The van der Waals surface area contributed by atoms with Crippen LogP contribution in [0.3, 0.4) is 0 Å². The second kappa shape index (κ2) is 13.5. The van der Waals surface area contributed by atoms with E-state index in [-0.39, 0.29) is 17.7 Å². The number of carbonyl (C=O) groups is 3. The van der Waals surface area contributed by atoms with Gasteiger partial charge in [0.05, 0.1) is 7.11 Å². The minimum atomic E-state index is -0.162. The fourth-order valence-corrected chi connectivity index (χ4v) is 3.23. The molecule has 0 spiro atoms. The number of ether oxygens (including phenoxy) is 1. The van der Waals surface area contributed by atoms with Crippen molar-refractivity contribution in [2.24, 2.45) is 0 Å². The van der Waals surface area contributed by atoms with E-state index in [4.69, 9.17) is 0 Å². The average molecular weight is 366 g/mol. The van der Waals surface area contributed by atoms with E-state index in [0.29, 0.717) is 32.2 Å². The molecule has 1 rings (SSSR count). The minimum Gasteiger partial charge on any atom is -0.469 e. The van der Waals surface area contributed by atoms with Crippen LogP contribution in [0.5, 0.6) is 0 Å². The number of hydrogen-bond donors (Lipinski definition) is 0. The molecule has 0 aromatic carbocycles. The van der Waals surface area contributed by atoms with Gasteiger partial charge < -0.3 is 9.64 Å². The third-order valence-corrected chi connectivity index (χ3v) is 4.84. The second-order valence-corrected chi connectivity index (χ2v) is 7.03. The van der Waals surface area contributed by atoms with E-state index in [1.165, 1.54) is 7.11 Å². The van der Waals surface area contributed by atoms with Crippen LogP contribution in [0.1, 0.15) is 90.4 Å². The number of methoxy groups -OCH3 is 1. The first kappa shape index (κ1) is 22.4. The molecule has 0 bridgehead atoms. The zero-order chi connectivity index (χ0) is 19.2. The number of nitrogens with zero attached hydrogens (tertiary/aromatic N) is 1. The Kier molecular flexibility index (Phi) is 11.7. The van der Waals surface area contributed by atoms with Crippen molar-refractivity contribution in [2.45, 2.75) is 90.4 Å². The molecule has 1 saturated heterocycles. The van der Waals surface area contributed by atoms with Crippen LogP contribution >= 0.6 is 0 Å². The van der Waals surface area contributed by atoms with Crippen molar-refractivity contribution < 1.29 is 19.1 Å². The predicted molar refractivity (Wildman–Crippen MR) is 103 cm³/mol. The van der Waals surface area contributed by atoms with Gasteiger partial charge in [0.2, 0.25) is 5.91 Å². The SMILES string of the molecule is CCCCCC(=O)CC=C1CCCC(=O)N1CCCCCCC(=O)OC. The van der Waals surface area contributed by atoms with Crippen molar-refractivity contribution in [2.75, 3.05) is 13.7 Å². The van der Waals surface area contributed by atoms with Crippen LogP contribution in [0.2, 0.25) is 0 Å². The number of carbonyl (C=O) groups excluding carboxylic acids is 3. The quantitative estimate of drug-likeness (QED) is 0.355. The van der Waals surface area contributed by atoms with E-state index in [2.05, 4.69) is 11.7 Å². The van der Waals surface area contributed by atoms with Crippen LogP contribution in [0.4, 0.5) is 0 Å². The maximum Gasteiger partial charge on any atom is 0.305 e. The Bertz CT molecular complexity index is 484. The number of rotatable bonds is 13. The zero-order valence-electron chi connectivity index (χ0n) is 16.6. The van der Waals surface area contributed by atoms with Gasteiger partial charge in [-0.2, -0.15) is 0 Å². The fraction of sp³-hybridized carbons (Fsp3) is 0.762. The fourth-order valence-electron chi connectivity index (χ4n) is 3.23. The smallest absolute Gasteiger partial charge is 0.305 e. The summed E-state index contributed by atoms with van der Waals surface area (Å²) in [4.78, 5) is 37.2. The largest absolute Gasteiger partial charge is 0.469 e. The molecule has 0 radical (unpaired) electrons. The molecule has 0 aromatic heterocycles. The van der Waals surface area contributed by atoms with Gasteiger partial charge in [-0.05, 0) is 32.1 Å². The molecule has 0 saturated carbocycles. The number of esters is 1. The van der Waals surface area contributed by atoms with Crippen LogP contribution in [0, 0.1) is 0 Å². The van der Waals surface area contributed by atoms with Crippen molar-refractivity contribution in [3.63, 3.8) is 0 Å². The average Bonchev–Trinajstić information content (AvgIpc) is 2.64. The molecule has 0 aliphatic carbocycles. The van der Waals surface area contributed by atoms with Gasteiger partial charge in [-0.1, -0.05) is 38.7 Å². The lowest BCUT2D eigenvalue weighted by Gasteiger charge is -2.30. The van der Waals surface area contributed by atoms with E-state index in [0.717, 1.165) is 63.5 Å². The molecule has 0 atom stereocenters. The van der Waals surface area contributed by atoms with E-state index < -0.39 is 0 Å². The van der Waals surface area contributed by atoms with Crippen molar-refractivity contribution in [1.29, 1.82) is 0 Å². The molecule has 1 aliphatic rings. The first-order valence-corrected chi connectivity index (χ1v) is 10.2. The summed E-state index contributed by atoms with van der Waals surface area (Å²) in [7, 11) is 1.41. The standard InChI is InChI=1S/C21H35NO4/c1-3-4-7-12-19(23)16-15-18-11-10-13-20(24)22(18)17-9-6-5-8-14-21(25)26-2/h15H,3-14,16-17H2,1-2H3. The molecule has 1 aliphatic heterocycles. The Morgan fingerprint density at radius 2 is 1.77 bits per heavy atom. The highest BCUT2D eigenvalue weighted by molar-refractivity contribution is 5.81. The van der Waals surface area contributed by atoms with E-state index in [1.807, 2.05) is 11.0 Å². The van der Waals surface area contributed by atoms with Crippen LogP contribution in [-0.2, 0) is 19.1 Å². The van der Waals surface area contributed by atoms with Crippen LogP contribution < -0.4 is 0 Å². The lowest BCUT2D eigenvalue weighted by atomic mass is 10.0. The van der Waals surface area contributed by atoms with Crippen molar-refractivity contribution in [1.82, 2.24) is 4.90 Å². The molecule has 0 aromatic rings. The van der Waals surface area contributed by atoms with Gasteiger partial charge in [0.1, 0.15) is 5.78 Å². The van der Waals surface area contributed by atoms with Crippen molar-refractivity contribution in [3.8, 4) is 0 Å². The summed E-state index contributed by atoms with van der Waals surface area (Å²) in [6, 6.07) is 0. The minimum absolute atomic E-state index is 0.162. The van der Waals surface area contributed by atoms with Gasteiger partial charge in [-0.15, -0.1) is 0 Å². The molecule has 148 valence electrons. The Balaban J connectivity index is 2.36. The summed E-state index contributed by atoms with van der Waals surface area (Å²) < 4.78 is 4.63. The summed E-state index contributed by atoms with van der Waals surface area (Å²) in [5, 5.41) is 0. The monoisotopic (exact) mass is 365 g/mol. The number of amides is 1. The van der Waals surface area contributed by atoms with Crippen molar-refractivity contribution >= 4 is 17.7 Å². The van der Waals surface area contributed by atoms with Gasteiger partial charge in [0.15, 0.2) is 0 Å². The number of piperidine rings is 1. The number of hydrogen-bond acceptors (Lipinski definition) is 4. The Morgan fingerprint density at radius 1 is 1.04 bits per heavy atom. The topological polar surface area (TPSA) is 63.7 Å². The van der Waals surface area contributed by atoms with Gasteiger partial charge in [-0.3, -0.25) is 14.4 Å². The lowest BCUT2D eigenvalue weighted by molar-refractivity contribution is -0.140. The number of ketones is 1. The third kappa shape index (κ3) is 9.16. The molecule has 1 amide bonds. The molecular weight excluding hydrogens is 330 g/mol. The van der Waals surface area contributed by atoms with E-state index in [1.54, 1.807) is 0 Å². The normalized spacial score (nSPS) is 16.2. The molecule has 0 N–H and O–H groups in total. The molecule has 26 heavy (non-hydrogen) atoms. The Labute approximate surface area is 158 Å². The number of unbranched alkanes of at least 4 members (excludes halogenated alkanes) is 5.